The molecule has 1 spiro atoms. The van der Waals surface area contributed by atoms with Crippen LogP contribution in [-0.2, 0) is 14.8 Å². The van der Waals surface area contributed by atoms with E-state index >= 15 is 0 Å². The first-order chi connectivity index (χ1) is 8.43. The number of hydrogen-bond donors (Lipinski definition) is 1. The zero-order valence-corrected chi connectivity index (χ0v) is 11.0. The predicted molar refractivity (Wildman–Crippen MR) is 63.3 cm³/mol. The molecule has 6 nitrogen and oxygen atoms in total. The van der Waals surface area contributed by atoms with Crippen LogP contribution in [0.3, 0.4) is 0 Å². The van der Waals surface area contributed by atoms with E-state index in [1.165, 1.54) is 15.8 Å². The summed E-state index contributed by atoms with van der Waals surface area (Å²) >= 11 is 0.937. The van der Waals surface area contributed by atoms with E-state index in [0.29, 0.717) is 19.7 Å². The van der Waals surface area contributed by atoms with Crippen LogP contribution in [0.2, 0.25) is 0 Å². The van der Waals surface area contributed by atoms with E-state index in [2.05, 4.69) is 0 Å². The Labute approximate surface area is 108 Å². The first kappa shape index (κ1) is 12.1. The number of sulfonamides is 1. The van der Waals surface area contributed by atoms with Crippen molar-refractivity contribution in [2.24, 2.45) is 0 Å². The minimum Gasteiger partial charge on any atom is -0.478 e. The van der Waals surface area contributed by atoms with Crippen LogP contribution >= 0.6 is 11.3 Å². The van der Waals surface area contributed by atoms with Crippen LogP contribution in [-0.4, -0.2) is 49.1 Å². The lowest BCUT2D eigenvalue weighted by Crippen LogP contribution is -2.69. The summed E-state index contributed by atoms with van der Waals surface area (Å²) in [7, 11) is -3.55. The molecule has 1 aromatic rings. The summed E-state index contributed by atoms with van der Waals surface area (Å²) in [4.78, 5) is 10.7. The number of carboxylic acids is 1. The summed E-state index contributed by atoms with van der Waals surface area (Å²) in [6, 6.07) is 1.20. The molecule has 0 bridgehead atoms. The number of nitrogens with zero attached hydrogens (tertiary/aromatic N) is 1. The number of rotatable bonds is 3. The maximum atomic E-state index is 12.2. The largest absolute Gasteiger partial charge is 0.478 e. The van der Waals surface area contributed by atoms with Gasteiger partial charge in [0.05, 0.1) is 17.8 Å². The van der Waals surface area contributed by atoms with Gasteiger partial charge in [-0.3, -0.25) is 0 Å². The second-order valence-electron chi connectivity index (χ2n) is 4.51. The van der Waals surface area contributed by atoms with Gasteiger partial charge in [-0.1, -0.05) is 0 Å². The second-order valence-corrected chi connectivity index (χ2v) is 7.59. The van der Waals surface area contributed by atoms with E-state index in [4.69, 9.17) is 9.84 Å². The first-order valence-corrected chi connectivity index (χ1v) is 7.71. The molecule has 0 amide bonds. The molecule has 3 heterocycles. The molecule has 1 aromatic heterocycles. The van der Waals surface area contributed by atoms with Crippen LogP contribution in [0.5, 0.6) is 0 Å². The third-order valence-corrected chi connectivity index (χ3v) is 6.52. The van der Waals surface area contributed by atoms with Crippen molar-refractivity contribution in [1.82, 2.24) is 4.31 Å². The van der Waals surface area contributed by atoms with Crippen LogP contribution in [0, 0.1) is 0 Å². The summed E-state index contributed by atoms with van der Waals surface area (Å²) in [5, 5.41) is 10.1. The van der Waals surface area contributed by atoms with E-state index in [-0.39, 0.29) is 15.4 Å². The highest BCUT2D eigenvalue weighted by Crippen LogP contribution is 2.39. The summed E-state index contributed by atoms with van der Waals surface area (Å²) in [6.07, 6.45) is 0.893. The highest BCUT2D eigenvalue weighted by Gasteiger charge is 2.53. The maximum absolute atomic E-state index is 12.2. The lowest BCUT2D eigenvalue weighted by Gasteiger charge is -2.53. The minimum atomic E-state index is -3.55. The van der Waals surface area contributed by atoms with Crippen molar-refractivity contribution >= 4 is 27.3 Å². The molecule has 18 heavy (non-hydrogen) atoms. The average molecular weight is 289 g/mol. The molecule has 0 aromatic carbocycles. The van der Waals surface area contributed by atoms with Crippen molar-refractivity contribution in [3.63, 3.8) is 0 Å². The van der Waals surface area contributed by atoms with E-state index in [9.17, 15) is 13.2 Å². The van der Waals surface area contributed by atoms with Crippen molar-refractivity contribution in [1.29, 1.82) is 0 Å². The fourth-order valence-electron chi connectivity index (χ4n) is 2.10. The Kier molecular flexibility index (Phi) is 2.53. The Morgan fingerprint density at radius 1 is 1.50 bits per heavy atom. The van der Waals surface area contributed by atoms with Gasteiger partial charge >= 0.3 is 5.97 Å². The molecule has 2 fully saturated rings. The SMILES string of the molecule is O=C(O)c1csc(S(=O)(=O)N2CC3(CCO3)C2)c1. The Morgan fingerprint density at radius 2 is 2.17 bits per heavy atom. The summed E-state index contributed by atoms with van der Waals surface area (Å²) in [6.45, 7) is 1.43. The van der Waals surface area contributed by atoms with Crippen LogP contribution in [0.15, 0.2) is 15.7 Å². The van der Waals surface area contributed by atoms with Crippen LogP contribution < -0.4 is 0 Å². The van der Waals surface area contributed by atoms with Crippen molar-refractivity contribution in [2.75, 3.05) is 19.7 Å². The highest BCUT2D eigenvalue weighted by molar-refractivity contribution is 7.91. The van der Waals surface area contributed by atoms with Crippen LogP contribution in [0.1, 0.15) is 16.8 Å². The first-order valence-electron chi connectivity index (χ1n) is 5.39. The van der Waals surface area contributed by atoms with Gasteiger partial charge in [0, 0.05) is 24.9 Å². The molecule has 0 aliphatic carbocycles. The van der Waals surface area contributed by atoms with Gasteiger partial charge in [-0.15, -0.1) is 11.3 Å². The molecule has 0 radical (unpaired) electrons. The van der Waals surface area contributed by atoms with Gasteiger partial charge in [0.15, 0.2) is 0 Å². The third kappa shape index (κ3) is 1.68. The summed E-state index contributed by atoms with van der Waals surface area (Å²) in [5.74, 6) is -1.12. The lowest BCUT2D eigenvalue weighted by atomic mass is 9.89. The number of aromatic carboxylic acids is 1. The van der Waals surface area contributed by atoms with Crippen molar-refractivity contribution in [3.8, 4) is 0 Å². The molecule has 8 heteroatoms. The molecule has 98 valence electrons. The lowest BCUT2D eigenvalue weighted by molar-refractivity contribution is -0.200. The highest BCUT2D eigenvalue weighted by atomic mass is 32.2. The van der Waals surface area contributed by atoms with Crippen LogP contribution in [0.25, 0.3) is 0 Å². The van der Waals surface area contributed by atoms with Crippen molar-refractivity contribution in [2.45, 2.75) is 16.2 Å². The minimum absolute atomic E-state index is 0.00806. The van der Waals surface area contributed by atoms with Crippen molar-refractivity contribution < 1.29 is 23.1 Å². The zero-order valence-electron chi connectivity index (χ0n) is 9.33. The monoisotopic (exact) mass is 289 g/mol. The van der Waals surface area contributed by atoms with E-state index in [1.54, 1.807) is 0 Å². The molecule has 2 aliphatic heterocycles. The van der Waals surface area contributed by atoms with E-state index in [1.807, 2.05) is 0 Å². The molecule has 0 saturated carbocycles. The van der Waals surface area contributed by atoms with Crippen LogP contribution in [0.4, 0.5) is 0 Å². The Bertz CT molecular complexity index is 594. The van der Waals surface area contributed by atoms with Crippen molar-refractivity contribution in [3.05, 3.63) is 17.0 Å². The predicted octanol–water partition coefficient (Wildman–Crippen LogP) is 0.610. The van der Waals surface area contributed by atoms with Gasteiger partial charge in [-0.25, -0.2) is 13.2 Å². The summed E-state index contributed by atoms with van der Waals surface area (Å²) in [5.41, 5.74) is -0.256. The molecular formula is C10H11NO5S2. The fraction of sp³-hybridized carbons (Fsp3) is 0.500. The normalized spacial score (nSPS) is 22.4. The van der Waals surface area contributed by atoms with Gasteiger partial charge in [0.1, 0.15) is 4.21 Å². The average Bonchev–Trinajstić information content (AvgIpc) is 2.60. The number of carboxylic acid groups (broad SMARTS) is 1. The number of ether oxygens (including phenoxy) is 1. The number of thiophene rings is 1. The van der Waals surface area contributed by atoms with Gasteiger partial charge < -0.3 is 9.84 Å². The van der Waals surface area contributed by atoms with Gasteiger partial charge in [0.25, 0.3) is 10.0 Å². The maximum Gasteiger partial charge on any atom is 0.336 e. The quantitative estimate of drug-likeness (QED) is 0.881. The molecule has 2 saturated heterocycles. The number of hydrogen-bond acceptors (Lipinski definition) is 5. The standard InChI is InChI=1S/C10H11NO5S2/c12-9(13)7-3-8(17-4-7)18(14,15)11-5-10(6-11)1-2-16-10/h3-4H,1-2,5-6H2,(H,12,13). The van der Waals surface area contributed by atoms with Gasteiger partial charge in [-0.2, -0.15) is 4.31 Å². The Morgan fingerprint density at radius 3 is 2.61 bits per heavy atom. The molecule has 3 rings (SSSR count). The number of carbonyl (C=O) groups is 1. The Balaban J connectivity index is 1.80. The molecule has 0 atom stereocenters. The second kappa shape index (κ2) is 3.77. The molecule has 0 unspecified atom stereocenters. The smallest absolute Gasteiger partial charge is 0.336 e. The van der Waals surface area contributed by atoms with Gasteiger partial charge in [-0.05, 0) is 6.07 Å². The molecular weight excluding hydrogens is 278 g/mol. The third-order valence-electron chi connectivity index (χ3n) is 3.31. The Hall–Kier alpha value is -0.960. The zero-order chi connectivity index (χ0) is 13.0. The van der Waals surface area contributed by atoms with E-state index < -0.39 is 16.0 Å². The fourth-order valence-corrected chi connectivity index (χ4v) is 4.99. The van der Waals surface area contributed by atoms with Gasteiger partial charge in [0.2, 0.25) is 0 Å². The topological polar surface area (TPSA) is 83.9 Å². The molecule has 1 N–H and O–H groups in total. The molecule has 2 aliphatic rings. The summed E-state index contributed by atoms with van der Waals surface area (Å²) < 4.78 is 31.1. The van der Waals surface area contributed by atoms with E-state index in [0.717, 1.165) is 17.8 Å².